The average molecular weight is 145 g/mol. The minimum absolute atomic E-state index is 0.352. The van der Waals surface area contributed by atoms with Crippen molar-refractivity contribution in [1.82, 2.24) is 5.32 Å². The van der Waals surface area contributed by atoms with Crippen molar-refractivity contribution in [2.45, 2.75) is 31.5 Å². The number of hydrogen-bond donors (Lipinski definition) is 1. The molecule has 1 saturated carbocycles. The number of halogens is 1. The van der Waals surface area contributed by atoms with Crippen molar-refractivity contribution in [3.05, 3.63) is 0 Å². The molecule has 0 aromatic rings. The number of nitrogens with one attached hydrogen (secondary N) is 1. The van der Waals surface area contributed by atoms with Crippen molar-refractivity contribution >= 4 is 6.29 Å². The van der Waals surface area contributed by atoms with Crippen LogP contribution in [0.1, 0.15) is 19.8 Å². The topological polar surface area (TPSA) is 29.1 Å². The largest absolute Gasteiger partial charge is 0.305 e. The zero-order valence-corrected chi connectivity index (χ0v) is 6.06. The zero-order chi connectivity index (χ0) is 7.61. The van der Waals surface area contributed by atoms with Gasteiger partial charge < -0.3 is 10.1 Å². The summed E-state index contributed by atoms with van der Waals surface area (Å²) in [5, 5.41) is 2.97. The highest BCUT2D eigenvalue weighted by Crippen LogP contribution is 2.32. The Morgan fingerprint density at radius 3 is 2.70 bits per heavy atom. The number of aldehydes is 1. The van der Waals surface area contributed by atoms with Gasteiger partial charge in [0, 0.05) is 12.8 Å². The van der Waals surface area contributed by atoms with E-state index in [-0.39, 0.29) is 0 Å². The second-order valence-electron chi connectivity index (χ2n) is 2.81. The summed E-state index contributed by atoms with van der Waals surface area (Å²) in [6.07, 6.45) is 0.755. The summed E-state index contributed by atoms with van der Waals surface area (Å²) >= 11 is 0. The molecule has 0 unspecified atom stereocenters. The first-order valence-corrected chi connectivity index (χ1v) is 3.58. The molecule has 0 heterocycles. The second kappa shape index (κ2) is 2.66. The fourth-order valence-corrected chi connectivity index (χ4v) is 1.36. The SMILES string of the molecule is CCNC1(C=O)CC(F)C1. The quantitative estimate of drug-likeness (QED) is 0.591. The molecule has 0 bridgehead atoms. The molecule has 1 aliphatic carbocycles. The van der Waals surface area contributed by atoms with Gasteiger partial charge in [-0.25, -0.2) is 4.39 Å². The highest BCUT2D eigenvalue weighted by atomic mass is 19.1. The van der Waals surface area contributed by atoms with Crippen molar-refractivity contribution in [3.63, 3.8) is 0 Å². The van der Waals surface area contributed by atoms with E-state index in [4.69, 9.17) is 0 Å². The molecule has 0 aromatic carbocycles. The Hall–Kier alpha value is -0.440. The lowest BCUT2D eigenvalue weighted by Gasteiger charge is -2.40. The summed E-state index contributed by atoms with van der Waals surface area (Å²) < 4.78 is 12.3. The van der Waals surface area contributed by atoms with Crippen molar-refractivity contribution in [2.75, 3.05) is 6.54 Å². The number of carbonyl (C=O) groups excluding carboxylic acids is 1. The van der Waals surface area contributed by atoms with E-state index in [1.807, 2.05) is 6.92 Å². The van der Waals surface area contributed by atoms with Gasteiger partial charge in [-0.2, -0.15) is 0 Å². The molecule has 0 radical (unpaired) electrons. The minimum Gasteiger partial charge on any atom is -0.305 e. The Labute approximate surface area is 59.8 Å². The van der Waals surface area contributed by atoms with Gasteiger partial charge in [0.25, 0.3) is 0 Å². The molecule has 0 atom stereocenters. The number of rotatable bonds is 3. The molecule has 1 rings (SSSR count). The first-order valence-electron chi connectivity index (χ1n) is 3.58. The number of alkyl halides is 1. The smallest absolute Gasteiger partial charge is 0.140 e. The first kappa shape index (κ1) is 7.66. The Kier molecular flexibility index (Phi) is 2.04. The van der Waals surface area contributed by atoms with Crippen molar-refractivity contribution in [3.8, 4) is 0 Å². The van der Waals surface area contributed by atoms with Crippen molar-refractivity contribution in [2.24, 2.45) is 0 Å². The van der Waals surface area contributed by atoms with Crippen LogP contribution in [0.15, 0.2) is 0 Å². The van der Waals surface area contributed by atoms with Crippen LogP contribution in [0.3, 0.4) is 0 Å². The van der Waals surface area contributed by atoms with Gasteiger partial charge >= 0.3 is 0 Å². The molecule has 0 aliphatic heterocycles. The van der Waals surface area contributed by atoms with Gasteiger partial charge in [0.05, 0.1) is 5.54 Å². The van der Waals surface area contributed by atoms with Crippen molar-refractivity contribution in [1.29, 1.82) is 0 Å². The fraction of sp³-hybridized carbons (Fsp3) is 0.857. The third kappa shape index (κ3) is 1.19. The normalized spacial score (nSPS) is 38.8. The van der Waals surface area contributed by atoms with Crippen molar-refractivity contribution < 1.29 is 9.18 Å². The van der Waals surface area contributed by atoms with Gasteiger partial charge in [0.15, 0.2) is 0 Å². The molecule has 0 spiro atoms. The first-order chi connectivity index (χ1) is 4.72. The van der Waals surface area contributed by atoms with Crippen LogP contribution in [-0.2, 0) is 4.79 Å². The summed E-state index contributed by atoms with van der Waals surface area (Å²) in [5.41, 5.74) is -0.520. The molecule has 0 amide bonds. The third-order valence-corrected chi connectivity index (χ3v) is 1.93. The van der Waals surface area contributed by atoms with Gasteiger partial charge in [0.2, 0.25) is 0 Å². The lowest BCUT2D eigenvalue weighted by Crippen LogP contribution is -2.57. The Balaban J connectivity index is 2.40. The number of likely N-dealkylation sites (N-methyl/N-ethyl adjacent to an activating group) is 1. The average Bonchev–Trinajstić information content (AvgIpc) is 1.84. The summed E-state index contributed by atoms with van der Waals surface area (Å²) in [6.45, 7) is 2.64. The Morgan fingerprint density at radius 1 is 1.80 bits per heavy atom. The molecular weight excluding hydrogens is 133 g/mol. The van der Waals surface area contributed by atoms with Gasteiger partial charge in [-0.1, -0.05) is 6.92 Å². The predicted molar refractivity (Wildman–Crippen MR) is 36.6 cm³/mol. The van der Waals surface area contributed by atoms with E-state index in [1.165, 1.54) is 0 Å². The maximum absolute atomic E-state index is 12.3. The van der Waals surface area contributed by atoms with Gasteiger partial charge in [-0.3, -0.25) is 0 Å². The van der Waals surface area contributed by atoms with Crippen LogP contribution in [0.5, 0.6) is 0 Å². The maximum atomic E-state index is 12.3. The monoisotopic (exact) mass is 145 g/mol. The molecule has 1 fully saturated rings. The van der Waals surface area contributed by atoms with Gasteiger partial charge in [-0.15, -0.1) is 0 Å². The van der Waals surface area contributed by atoms with E-state index in [9.17, 15) is 9.18 Å². The summed E-state index contributed by atoms with van der Waals surface area (Å²) in [5.74, 6) is 0. The van der Waals surface area contributed by atoms with Crippen LogP contribution in [-0.4, -0.2) is 24.5 Å². The highest BCUT2D eigenvalue weighted by Gasteiger charge is 2.43. The zero-order valence-electron chi connectivity index (χ0n) is 6.06. The van der Waals surface area contributed by atoms with Gasteiger partial charge in [-0.05, 0) is 6.54 Å². The molecule has 3 heteroatoms. The van der Waals surface area contributed by atoms with Crippen LogP contribution < -0.4 is 5.32 Å². The Bertz CT molecular complexity index is 126. The van der Waals surface area contributed by atoms with E-state index in [1.54, 1.807) is 0 Å². The molecule has 1 aliphatic rings. The molecular formula is C7H12FNO. The van der Waals surface area contributed by atoms with E-state index in [0.29, 0.717) is 12.8 Å². The molecule has 10 heavy (non-hydrogen) atoms. The van der Waals surface area contributed by atoms with Crippen LogP contribution in [0, 0.1) is 0 Å². The summed E-state index contributed by atoms with van der Waals surface area (Å²) in [7, 11) is 0. The summed E-state index contributed by atoms with van der Waals surface area (Å²) in [4.78, 5) is 10.4. The molecule has 0 aromatic heterocycles. The molecule has 58 valence electrons. The van der Waals surface area contributed by atoms with E-state index < -0.39 is 11.7 Å². The number of carbonyl (C=O) groups is 1. The van der Waals surface area contributed by atoms with Crippen LogP contribution in [0.4, 0.5) is 4.39 Å². The highest BCUT2D eigenvalue weighted by molar-refractivity contribution is 5.66. The van der Waals surface area contributed by atoms with Crippen LogP contribution in [0.2, 0.25) is 0 Å². The fourth-order valence-electron chi connectivity index (χ4n) is 1.36. The minimum atomic E-state index is -0.774. The predicted octanol–water partition coefficient (Wildman–Crippen LogP) is 0.666. The number of hydrogen-bond acceptors (Lipinski definition) is 2. The van der Waals surface area contributed by atoms with E-state index in [0.717, 1.165) is 12.8 Å². The standard InChI is InChI=1S/C7H12FNO/c1-2-9-7(5-10)3-6(8)4-7/h5-6,9H,2-4H2,1H3. The molecule has 0 saturated heterocycles. The summed E-state index contributed by atoms with van der Waals surface area (Å²) in [6, 6.07) is 0. The third-order valence-electron chi connectivity index (χ3n) is 1.93. The van der Waals surface area contributed by atoms with Crippen LogP contribution in [0.25, 0.3) is 0 Å². The van der Waals surface area contributed by atoms with Crippen LogP contribution >= 0.6 is 0 Å². The van der Waals surface area contributed by atoms with Gasteiger partial charge in [0.1, 0.15) is 12.5 Å². The second-order valence-corrected chi connectivity index (χ2v) is 2.81. The maximum Gasteiger partial charge on any atom is 0.140 e. The van der Waals surface area contributed by atoms with E-state index >= 15 is 0 Å². The lowest BCUT2D eigenvalue weighted by molar-refractivity contribution is -0.119. The molecule has 1 N–H and O–H groups in total. The van der Waals surface area contributed by atoms with E-state index in [2.05, 4.69) is 5.32 Å². The molecule has 2 nitrogen and oxygen atoms in total. The Morgan fingerprint density at radius 2 is 2.40 bits per heavy atom. The lowest BCUT2D eigenvalue weighted by atomic mass is 9.76.